The lowest BCUT2D eigenvalue weighted by atomic mass is 10.1. The van der Waals surface area contributed by atoms with Crippen LogP contribution in [0.5, 0.6) is 0 Å². The van der Waals surface area contributed by atoms with Crippen molar-refractivity contribution < 1.29 is 4.79 Å². The number of para-hydroxylation sites is 1. The Labute approximate surface area is 111 Å². The summed E-state index contributed by atoms with van der Waals surface area (Å²) in [5.74, 6) is -0.212. The highest BCUT2D eigenvalue weighted by atomic mass is 16.2. The summed E-state index contributed by atoms with van der Waals surface area (Å²) in [5.41, 5.74) is 4.71. The number of rotatable bonds is 3. The van der Waals surface area contributed by atoms with Crippen molar-refractivity contribution in [1.82, 2.24) is 5.43 Å². The van der Waals surface area contributed by atoms with Crippen molar-refractivity contribution >= 4 is 11.6 Å². The largest absolute Gasteiger partial charge is 0.288 e. The number of hydrogen-bond acceptors (Lipinski definition) is 3. The van der Waals surface area contributed by atoms with Crippen LogP contribution in [0, 0.1) is 11.3 Å². The molecule has 2 aromatic rings. The maximum Gasteiger partial charge on any atom is 0.269 e. The van der Waals surface area contributed by atoms with Crippen LogP contribution in [0.2, 0.25) is 0 Å². The molecule has 0 saturated carbocycles. The molecule has 0 fully saturated rings. The van der Waals surface area contributed by atoms with Crippen LogP contribution in [0.4, 0.5) is 5.69 Å². The van der Waals surface area contributed by atoms with E-state index in [1.54, 1.807) is 36.3 Å². The Morgan fingerprint density at radius 3 is 2.32 bits per heavy atom. The van der Waals surface area contributed by atoms with Crippen LogP contribution in [-0.4, -0.2) is 13.0 Å². The fraction of sp³-hybridized carbons (Fsp3) is 0.0667. The molecular formula is C15H13N3O. The molecule has 0 unspecified atom stereocenters. The van der Waals surface area contributed by atoms with Gasteiger partial charge in [-0.25, -0.2) is 0 Å². The molecule has 0 aromatic heterocycles. The van der Waals surface area contributed by atoms with Crippen molar-refractivity contribution in [3.63, 3.8) is 0 Å². The number of nitrogens with one attached hydrogen (secondary N) is 1. The molecule has 1 N–H and O–H groups in total. The van der Waals surface area contributed by atoms with Gasteiger partial charge in [0.1, 0.15) is 0 Å². The standard InChI is InChI=1S/C15H13N3O/c1-18(14-5-3-2-4-6-14)17-15(19)13-9-7-12(11-16)8-10-13/h2-10H,1H3,(H,17,19). The van der Waals surface area contributed by atoms with Gasteiger partial charge in [0, 0.05) is 12.6 Å². The molecular weight excluding hydrogens is 238 g/mol. The van der Waals surface area contributed by atoms with Gasteiger partial charge < -0.3 is 0 Å². The second-order valence-electron chi connectivity index (χ2n) is 4.02. The van der Waals surface area contributed by atoms with Gasteiger partial charge in [0.25, 0.3) is 5.91 Å². The second kappa shape index (κ2) is 5.69. The molecule has 2 rings (SSSR count). The molecule has 4 nitrogen and oxygen atoms in total. The normalized spacial score (nSPS) is 9.47. The van der Waals surface area contributed by atoms with Crippen molar-refractivity contribution in [1.29, 1.82) is 5.26 Å². The smallest absolute Gasteiger partial charge is 0.269 e. The molecule has 2 aromatic carbocycles. The highest BCUT2D eigenvalue weighted by molar-refractivity contribution is 5.95. The van der Waals surface area contributed by atoms with Crippen LogP contribution < -0.4 is 10.4 Å². The maximum atomic E-state index is 12.0. The third-order valence-corrected chi connectivity index (χ3v) is 2.69. The van der Waals surface area contributed by atoms with Gasteiger partial charge in [0.15, 0.2) is 0 Å². The summed E-state index contributed by atoms with van der Waals surface area (Å²) in [6.45, 7) is 0. The average Bonchev–Trinajstić information content (AvgIpc) is 2.48. The first-order valence-corrected chi connectivity index (χ1v) is 5.80. The van der Waals surface area contributed by atoms with Gasteiger partial charge in [-0.05, 0) is 36.4 Å². The van der Waals surface area contributed by atoms with Crippen LogP contribution in [0.25, 0.3) is 0 Å². The van der Waals surface area contributed by atoms with E-state index in [9.17, 15) is 4.79 Å². The van der Waals surface area contributed by atoms with Gasteiger partial charge in [0.2, 0.25) is 0 Å². The molecule has 0 heterocycles. The highest BCUT2D eigenvalue weighted by Gasteiger charge is 2.08. The van der Waals surface area contributed by atoms with Gasteiger partial charge in [-0.2, -0.15) is 5.26 Å². The number of nitrogens with zero attached hydrogens (tertiary/aromatic N) is 2. The minimum absolute atomic E-state index is 0.212. The van der Waals surface area contributed by atoms with Crippen LogP contribution in [0.1, 0.15) is 15.9 Å². The number of amides is 1. The number of hydrazine groups is 1. The summed E-state index contributed by atoms with van der Waals surface area (Å²) in [5, 5.41) is 10.4. The van der Waals surface area contributed by atoms with Crippen LogP contribution in [-0.2, 0) is 0 Å². The third kappa shape index (κ3) is 3.11. The van der Waals surface area contributed by atoms with Crippen molar-refractivity contribution in [2.24, 2.45) is 0 Å². The Kier molecular flexibility index (Phi) is 3.79. The zero-order chi connectivity index (χ0) is 13.7. The summed E-state index contributed by atoms with van der Waals surface area (Å²) in [6.07, 6.45) is 0. The lowest BCUT2D eigenvalue weighted by Crippen LogP contribution is -2.39. The number of carbonyl (C=O) groups is 1. The Morgan fingerprint density at radius 1 is 1.11 bits per heavy atom. The van der Waals surface area contributed by atoms with Gasteiger partial charge in [-0.3, -0.25) is 15.2 Å². The Balaban J connectivity index is 2.06. The van der Waals surface area contributed by atoms with E-state index < -0.39 is 0 Å². The summed E-state index contributed by atoms with van der Waals surface area (Å²) in [7, 11) is 1.77. The predicted molar refractivity (Wildman–Crippen MR) is 73.5 cm³/mol. The van der Waals surface area contributed by atoms with Gasteiger partial charge in [-0.15, -0.1) is 0 Å². The molecule has 0 radical (unpaired) electrons. The minimum Gasteiger partial charge on any atom is -0.288 e. The summed E-state index contributed by atoms with van der Waals surface area (Å²) < 4.78 is 0. The molecule has 0 atom stereocenters. The van der Waals surface area contributed by atoms with Crippen LogP contribution >= 0.6 is 0 Å². The van der Waals surface area contributed by atoms with E-state index >= 15 is 0 Å². The molecule has 4 heteroatoms. The zero-order valence-electron chi connectivity index (χ0n) is 10.5. The summed E-state index contributed by atoms with van der Waals surface area (Å²) in [4.78, 5) is 12.0. The SMILES string of the molecule is CN(NC(=O)c1ccc(C#N)cc1)c1ccccc1. The molecule has 0 bridgehead atoms. The van der Waals surface area contributed by atoms with E-state index in [1.807, 2.05) is 36.4 Å². The van der Waals surface area contributed by atoms with E-state index in [2.05, 4.69) is 5.43 Å². The molecule has 19 heavy (non-hydrogen) atoms. The van der Waals surface area contributed by atoms with Crippen molar-refractivity contribution in [2.75, 3.05) is 12.1 Å². The number of carbonyl (C=O) groups excluding carboxylic acids is 1. The lowest BCUT2D eigenvalue weighted by Gasteiger charge is -2.20. The lowest BCUT2D eigenvalue weighted by molar-refractivity contribution is 0.0951. The van der Waals surface area contributed by atoms with Crippen molar-refractivity contribution in [3.8, 4) is 6.07 Å². The van der Waals surface area contributed by atoms with Gasteiger partial charge >= 0.3 is 0 Å². The molecule has 0 spiro atoms. The van der Waals surface area contributed by atoms with Crippen LogP contribution in [0.3, 0.4) is 0 Å². The zero-order valence-corrected chi connectivity index (χ0v) is 10.5. The van der Waals surface area contributed by atoms with Crippen LogP contribution in [0.15, 0.2) is 54.6 Å². The molecule has 0 aliphatic rings. The Hall–Kier alpha value is -2.80. The Morgan fingerprint density at radius 2 is 1.74 bits per heavy atom. The highest BCUT2D eigenvalue weighted by Crippen LogP contribution is 2.09. The number of benzene rings is 2. The topological polar surface area (TPSA) is 56.1 Å². The van der Waals surface area contributed by atoms with E-state index in [-0.39, 0.29) is 5.91 Å². The molecule has 0 aliphatic carbocycles. The van der Waals surface area contributed by atoms with Crippen molar-refractivity contribution in [2.45, 2.75) is 0 Å². The van der Waals surface area contributed by atoms with E-state index in [0.29, 0.717) is 11.1 Å². The van der Waals surface area contributed by atoms with Gasteiger partial charge in [0.05, 0.1) is 17.3 Å². The first-order chi connectivity index (χ1) is 9.20. The Bertz CT molecular complexity index is 600. The molecule has 0 saturated heterocycles. The maximum absolute atomic E-state index is 12.0. The number of nitriles is 1. The second-order valence-corrected chi connectivity index (χ2v) is 4.02. The van der Waals surface area contributed by atoms with Crippen molar-refractivity contribution in [3.05, 3.63) is 65.7 Å². The molecule has 0 aliphatic heterocycles. The van der Waals surface area contributed by atoms with E-state index in [4.69, 9.17) is 5.26 Å². The summed E-state index contributed by atoms with van der Waals surface area (Å²) >= 11 is 0. The van der Waals surface area contributed by atoms with E-state index in [0.717, 1.165) is 5.69 Å². The third-order valence-electron chi connectivity index (χ3n) is 2.69. The fourth-order valence-electron chi connectivity index (χ4n) is 1.63. The van der Waals surface area contributed by atoms with Gasteiger partial charge in [-0.1, -0.05) is 18.2 Å². The monoisotopic (exact) mass is 251 g/mol. The fourth-order valence-corrected chi connectivity index (χ4v) is 1.63. The number of anilines is 1. The first-order valence-electron chi connectivity index (χ1n) is 5.80. The first kappa shape index (κ1) is 12.7. The quantitative estimate of drug-likeness (QED) is 0.852. The number of hydrogen-bond donors (Lipinski definition) is 1. The summed E-state index contributed by atoms with van der Waals surface area (Å²) in [6, 6.07) is 18.1. The minimum atomic E-state index is -0.212. The predicted octanol–water partition coefficient (Wildman–Crippen LogP) is 2.34. The average molecular weight is 251 g/mol. The van der Waals surface area contributed by atoms with E-state index in [1.165, 1.54) is 0 Å². The molecule has 94 valence electrons. The molecule has 1 amide bonds.